The van der Waals surface area contributed by atoms with Crippen LogP contribution >= 0.6 is 35.0 Å². The van der Waals surface area contributed by atoms with Gasteiger partial charge in [-0.05, 0) is 54.8 Å². The number of rotatable bonds is 8. The fourth-order valence-corrected chi connectivity index (χ4v) is 3.71. The number of halogens is 2. The van der Waals surface area contributed by atoms with E-state index in [9.17, 15) is 4.79 Å². The first-order valence-corrected chi connectivity index (χ1v) is 9.86. The van der Waals surface area contributed by atoms with Gasteiger partial charge in [0, 0.05) is 28.1 Å². The molecule has 0 bridgehead atoms. The van der Waals surface area contributed by atoms with Gasteiger partial charge in [-0.15, -0.1) is 0 Å². The molecular formula is C19H21Cl2NO2S. The number of carbonyl (C=O) groups excluding carboxylic acids is 1. The largest absolute Gasteiger partial charge is 0.484 e. The second-order valence-corrected chi connectivity index (χ2v) is 7.56. The summed E-state index contributed by atoms with van der Waals surface area (Å²) in [5.74, 6) is 2.07. The van der Waals surface area contributed by atoms with Crippen molar-refractivity contribution in [1.82, 2.24) is 5.32 Å². The third-order valence-electron chi connectivity index (χ3n) is 3.72. The maximum Gasteiger partial charge on any atom is 0.257 e. The van der Waals surface area contributed by atoms with Crippen LogP contribution in [0.3, 0.4) is 0 Å². The van der Waals surface area contributed by atoms with Crippen LogP contribution in [0.25, 0.3) is 0 Å². The number of amides is 1. The highest BCUT2D eigenvalue weighted by Gasteiger charge is 2.06. The number of hydrogen-bond acceptors (Lipinski definition) is 3. The van der Waals surface area contributed by atoms with Crippen molar-refractivity contribution in [3.63, 3.8) is 0 Å². The summed E-state index contributed by atoms with van der Waals surface area (Å²) in [4.78, 5) is 11.8. The average Bonchev–Trinajstić information content (AvgIpc) is 2.58. The molecule has 0 spiro atoms. The molecule has 6 heteroatoms. The lowest BCUT2D eigenvalue weighted by Gasteiger charge is -2.09. The molecular weight excluding hydrogens is 377 g/mol. The van der Waals surface area contributed by atoms with Crippen LogP contribution in [0.15, 0.2) is 36.4 Å². The molecule has 0 aliphatic carbocycles. The number of benzene rings is 2. The molecule has 2 aromatic rings. The molecule has 0 atom stereocenters. The van der Waals surface area contributed by atoms with E-state index < -0.39 is 0 Å². The van der Waals surface area contributed by atoms with Gasteiger partial charge in [0.25, 0.3) is 5.91 Å². The van der Waals surface area contributed by atoms with E-state index in [-0.39, 0.29) is 12.5 Å². The van der Waals surface area contributed by atoms with Crippen molar-refractivity contribution in [1.29, 1.82) is 0 Å². The maximum absolute atomic E-state index is 11.8. The first-order valence-electron chi connectivity index (χ1n) is 7.94. The van der Waals surface area contributed by atoms with E-state index in [1.54, 1.807) is 11.8 Å². The van der Waals surface area contributed by atoms with Gasteiger partial charge >= 0.3 is 0 Å². The molecule has 25 heavy (non-hydrogen) atoms. The van der Waals surface area contributed by atoms with Crippen molar-refractivity contribution in [3.05, 3.63) is 63.1 Å². The molecule has 1 N–H and O–H groups in total. The summed E-state index contributed by atoms with van der Waals surface area (Å²) in [6.45, 7) is 4.65. The number of ether oxygens (including phenoxy) is 1. The van der Waals surface area contributed by atoms with Crippen LogP contribution in [0.4, 0.5) is 0 Å². The SMILES string of the molecule is Cc1ccc(OCC(=O)NCCSCc2c(Cl)cccc2Cl)cc1C. The summed E-state index contributed by atoms with van der Waals surface area (Å²) in [7, 11) is 0. The predicted octanol–water partition coefficient (Wildman–Crippen LogP) is 5.04. The molecule has 0 aliphatic rings. The van der Waals surface area contributed by atoms with E-state index >= 15 is 0 Å². The topological polar surface area (TPSA) is 38.3 Å². The number of carbonyl (C=O) groups is 1. The molecule has 2 aromatic carbocycles. The summed E-state index contributed by atoms with van der Waals surface area (Å²) in [6.07, 6.45) is 0. The molecule has 0 saturated carbocycles. The minimum absolute atomic E-state index is 0.0174. The van der Waals surface area contributed by atoms with Crippen molar-refractivity contribution < 1.29 is 9.53 Å². The summed E-state index contributed by atoms with van der Waals surface area (Å²) >= 11 is 13.9. The summed E-state index contributed by atoms with van der Waals surface area (Å²) in [6, 6.07) is 11.3. The molecule has 0 radical (unpaired) electrons. The number of hydrogen-bond donors (Lipinski definition) is 1. The smallest absolute Gasteiger partial charge is 0.257 e. The van der Waals surface area contributed by atoms with Crippen LogP contribution < -0.4 is 10.1 Å². The molecule has 0 aliphatic heterocycles. The van der Waals surface area contributed by atoms with Gasteiger partial charge in [-0.25, -0.2) is 0 Å². The van der Waals surface area contributed by atoms with Gasteiger partial charge in [-0.1, -0.05) is 35.3 Å². The molecule has 1 amide bonds. The third-order valence-corrected chi connectivity index (χ3v) is 5.42. The van der Waals surface area contributed by atoms with Crippen molar-refractivity contribution in [2.75, 3.05) is 18.9 Å². The normalized spacial score (nSPS) is 10.6. The Bertz CT molecular complexity index is 717. The van der Waals surface area contributed by atoms with Gasteiger partial charge in [0.15, 0.2) is 6.61 Å². The first kappa shape index (κ1) is 20.0. The van der Waals surface area contributed by atoms with Crippen LogP contribution in [-0.4, -0.2) is 24.8 Å². The molecule has 0 heterocycles. The predicted molar refractivity (Wildman–Crippen MR) is 107 cm³/mol. The van der Waals surface area contributed by atoms with Crippen LogP contribution in [0.1, 0.15) is 16.7 Å². The Morgan fingerprint density at radius 2 is 1.84 bits per heavy atom. The zero-order chi connectivity index (χ0) is 18.2. The Morgan fingerprint density at radius 3 is 2.52 bits per heavy atom. The highest BCUT2D eigenvalue weighted by atomic mass is 35.5. The monoisotopic (exact) mass is 397 g/mol. The number of thioether (sulfide) groups is 1. The van der Waals surface area contributed by atoms with E-state index in [2.05, 4.69) is 5.32 Å². The molecule has 3 nitrogen and oxygen atoms in total. The second kappa shape index (κ2) is 9.95. The minimum Gasteiger partial charge on any atom is -0.484 e. The van der Waals surface area contributed by atoms with E-state index in [1.165, 1.54) is 5.56 Å². The van der Waals surface area contributed by atoms with E-state index in [0.29, 0.717) is 28.1 Å². The standard InChI is InChI=1S/C19H21Cl2NO2S/c1-13-6-7-15(10-14(13)2)24-11-19(23)22-8-9-25-12-16-17(20)4-3-5-18(16)21/h3-7,10H,8-9,11-12H2,1-2H3,(H,22,23). The number of aryl methyl sites for hydroxylation is 2. The van der Waals surface area contributed by atoms with Gasteiger partial charge in [-0.2, -0.15) is 11.8 Å². The first-order chi connectivity index (χ1) is 12.0. The van der Waals surface area contributed by atoms with Gasteiger partial charge in [0.1, 0.15) is 5.75 Å². The lowest BCUT2D eigenvalue weighted by molar-refractivity contribution is -0.122. The highest BCUT2D eigenvalue weighted by molar-refractivity contribution is 7.98. The second-order valence-electron chi connectivity index (χ2n) is 5.64. The van der Waals surface area contributed by atoms with Gasteiger partial charge in [0.2, 0.25) is 0 Å². The van der Waals surface area contributed by atoms with Gasteiger partial charge in [-0.3, -0.25) is 4.79 Å². The van der Waals surface area contributed by atoms with E-state index in [0.717, 1.165) is 16.9 Å². The molecule has 2 rings (SSSR count). The summed E-state index contributed by atoms with van der Waals surface area (Å²) in [5, 5.41) is 4.19. The Hall–Kier alpha value is -1.36. The molecule has 0 unspecified atom stereocenters. The van der Waals surface area contributed by atoms with Crippen LogP contribution in [0.5, 0.6) is 5.75 Å². The molecule has 0 aromatic heterocycles. The lowest BCUT2D eigenvalue weighted by atomic mass is 10.1. The third kappa shape index (κ3) is 6.46. The van der Waals surface area contributed by atoms with E-state index in [1.807, 2.05) is 50.2 Å². The quantitative estimate of drug-likeness (QED) is 0.634. The van der Waals surface area contributed by atoms with E-state index in [4.69, 9.17) is 27.9 Å². The van der Waals surface area contributed by atoms with Crippen molar-refractivity contribution in [3.8, 4) is 5.75 Å². The fourth-order valence-electron chi connectivity index (χ4n) is 2.11. The van der Waals surface area contributed by atoms with Gasteiger partial charge in [0.05, 0.1) is 0 Å². The Labute approximate surface area is 163 Å². The molecule has 0 fully saturated rings. The van der Waals surface area contributed by atoms with Crippen molar-refractivity contribution >= 4 is 40.9 Å². The Balaban J connectivity index is 1.64. The highest BCUT2D eigenvalue weighted by Crippen LogP contribution is 2.27. The average molecular weight is 398 g/mol. The Kier molecular flexibility index (Phi) is 7.94. The molecule has 134 valence electrons. The summed E-state index contributed by atoms with van der Waals surface area (Å²) in [5.41, 5.74) is 3.28. The zero-order valence-corrected chi connectivity index (χ0v) is 16.6. The van der Waals surface area contributed by atoms with Crippen LogP contribution in [-0.2, 0) is 10.5 Å². The van der Waals surface area contributed by atoms with Crippen LogP contribution in [0.2, 0.25) is 10.0 Å². The van der Waals surface area contributed by atoms with Gasteiger partial charge < -0.3 is 10.1 Å². The van der Waals surface area contributed by atoms with Crippen LogP contribution in [0, 0.1) is 13.8 Å². The number of nitrogens with one attached hydrogen (secondary N) is 1. The van der Waals surface area contributed by atoms with Crippen molar-refractivity contribution in [2.24, 2.45) is 0 Å². The zero-order valence-electron chi connectivity index (χ0n) is 14.3. The Morgan fingerprint density at radius 1 is 1.12 bits per heavy atom. The fraction of sp³-hybridized carbons (Fsp3) is 0.316. The van der Waals surface area contributed by atoms with Crippen molar-refractivity contribution in [2.45, 2.75) is 19.6 Å². The summed E-state index contributed by atoms with van der Waals surface area (Å²) < 4.78 is 5.51. The molecule has 0 saturated heterocycles. The maximum atomic E-state index is 11.8. The lowest BCUT2D eigenvalue weighted by Crippen LogP contribution is -2.30. The minimum atomic E-state index is -0.130.